The maximum atomic E-state index is 12.7. The number of hydrogen-bond acceptors (Lipinski definition) is 7. The number of nitrogens with zero attached hydrogens (tertiary/aromatic N) is 1. The van der Waals surface area contributed by atoms with E-state index in [0.29, 0.717) is 31.1 Å². The third kappa shape index (κ3) is 5.92. The summed E-state index contributed by atoms with van der Waals surface area (Å²) in [6, 6.07) is 4.60. The van der Waals surface area contributed by atoms with Gasteiger partial charge in [0.2, 0.25) is 10.0 Å². The molecule has 2 aliphatic heterocycles. The van der Waals surface area contributed by atoms with Crippen molar-refractivity contribution >= 4 is 21.9 Å². The van der Waals surface area contributed by atoms with Crippen LogP contribution in [-0.2, 0) is 24.3 Å². The highest BCUT2D eigenvalue weighted by Gasteiger charge is 2.33. The maximum Gasteiger partial charge on any atom is 0.307 e. The van der Waals surface area contributed by atoms with E-state index in [0.717, 1.165) is 19.3 Å². The molecule has 32 heavy (non-hydrogen) atoms. The van der Waals surface area contributed by atoms with E-state index in [1.807, 2.05) is 13.8 Å². The molecule has 10 heteroatoms. The lowest BCUT2D eigenvalue weighted by Gasteiger charge is -2.40. The summed E-state index contributed by atoms with van der Waals surface area (Å²) in [6.45, 7) is 6.36. The molecule has 2 aliphatic rings. The highest BCUT2D eigenvalue weighted by molar-refractivity contribution is 7.89. The highest BCUT2D eigenvalue weighted by Crippen LogP contribution is 2.31. The van der Waals surface area contributed by atoms with Crippen molar-refractivity contribution in [2.24, 2.45) is 0 Å². The molecule has 178 valence electrons. The Hall–Kier alpha value is -2.33. The van der Waals surface area contributed by atoms with Crippen LogP contribution >= 0.6 is 0 Å². The second-order valence-electron chi connectivity index (χ2n) is 8.31. The van der Waals surface area contributed by atoms with Gasteiger partial charge in [0.25, 0.3) is 5.91 Å². The molecule has 1 aromatic carbocycles. The van der Waals surface area contributed by atoms with Crippen molar-refractivity contribution in [2.45, 2.75) is 76.0 Å². The Bertz CT molecular complexity index is 924. The normalized spacial score (nSPS) is 22.0. The van der Waals surface area contributed by atoms with Gasteiger partial charge >= 0.3 is 5.97 Å². The standard InChI is InChI=1S/C22H32N2O7S/c1-15-6-4-7-16(2)24(15)22(26)17(3)31-21(25)10-11-23-32(27,28)18-8-9-19-20(14-18)30-13-5-12-29-19/h8-9,14-17,23H,4-7,10-13H2,1-3H3/t15-,16-,17+/m0/s1. The van der Waals surface area contributed by atoms with Gasteiger partial charge in [-0.3, -0.25) is 9.59 Å². The highest BCUT2D eigenvalue weighted by atomic mass is 32.2. The van der Waals surface area contributed by atoms with Crippen LogP contribution in [-0.4, -0.2) is 63.1 Å². The van der Waals surface area contributed by atoms with Gasteiger partial charge in [-0.1, -0.05) is 0 Å². The SMILES string of the molecule is C[C@@H](OC(=O)CCNS(=O)(=O)c1ccc2c(c1)OCCCO2)C(=O)N1[C@@H](C)CCC[C@@H]1C. The van der Waals surface area contributed by atoms with E-state index in [1.165, 1.54) is 12.1 Å². The van der Waals surface area contributed by atoms with E-state index in [4.69, 9.17) is 14.2 Å². The molecular formula is C22H32N2O7S. The van der Waals surface area contributed by atoms with Gasteiger partial charge in [0.15, 0.2) is 17.6 Å². The second-order valence-corrected chi connectivity index (χ2v) is 10.1. The molecule has 9 nitrogen and oxygen atoms in total. The number of nitrogens with one attached hydrogen (secondary N) is 1. The number of carbonyl (C=O) groups is 2. The largest absolute Gasteiger partial charge is 0.490 e. The van der Waals surface area contributed by atoms with Crippen molar-refractivity contribution in [3.05, 3.63) is 18.2 Å². The number of sulfonamides is 1. The Morgan fingerprint density at radius 2 is 1.78 bits per heavy atom. The number of fused-ring (bicyclic) bond motifs is 1. The van der Waals surface area contributed by atoms with Gasteiger partial charge in [-0.15, -0.1) is 0 Å². The zero-order valence-electron chi connectivity index (χ0n) is 18.8. The van der Waals surface area contributed by atoms with Gasteiger partial charge in [-0.25, -0.2) is 13.1 Å². The van der Waals surface area contributed by atoms with E-state index in [9.17, 15) is 18.0 Å². The summed E-state index contributed by atoms with van der Waals surface area (Å²) in [5.41, 5.74) is 0. The van der Waals surface area contributed by atoms with Crippen LogP contribution in [0.15, 0.2) is 23.1 Å². The molecule has 1 N–H and O–H groups in total. The number of rotatable bonds is 7. The third-order valence-corrected chi connectivity index (χ3v) is 7.21. The van der Waals surface area contributed by atoms with Gasteiger partial charge in [0, 0.05) is 31.1 Å². The number of piperidine rings is 1. The quantitative estimate of drug-likeness (QED) is 0.611. The van der Waals surface area contributed by atoms with E-state index in [1.54, 1.807) is 17.9 Å². The number of hydrogen-bond donors (Lipinski definition) is 1. The zero-order valence-corrected chi connectivity index (χ0v) is 19.7. The summed E-state index contributed by atoms with van der Waals surface area (Å²) in [4.78, 5) is 26.7. The average molecular weight is 469 g/mol. The molecule has 3 atom stereocenters. The smallest absolute Gasteiger partial charge is 0.307 e. The lowest BCUT2D eigenvalue weighted by molar-refractivity contribution is -0.162. The molecule has 0 aromatic heterocycles. The molecule has 1 aromatic rings. The monoisotopic (exact) mass is 468 g/mol. The van der Waals surface area contributed by atoms with Crippen molar-refractivity contribution in [3.63, 3.8) is 0 Å². The van der Waals surface area contributed by atoms with Crippen LogP contribution in [0.25, 0.3) is 0 Å². The number of benzene rings is 1. The molecule has 1 amide bonds. The zero-order chi connectivity index (χ0) is 23.3. The molecule has 0 aliphatic carbocycles. The van der Waals surface area contributed by atoms with E-state index >= 15 is 0 Å². The number of esters is 1. The second kappa shape index (κ2) is 10.5. The average Bonchev–Trinajstić information content (AvgIpc) is 2.98. The Kier molecular flexibility index (Phi) is 8.00. The fourth-order valence-corrected chi connectivity index (χ4v) is 5.10. The van der Waals surface area contributed by atoms with Crippen molar-refractivity contribution in [3.8, 4) is 11.5 Å². The molecule has 0 unspecified atom stereocenters. The summed E-state index contributed by atoms with van der Waals surface area (Å²) >= 11 is 0. The number of carbonyl (C=O) groups excluding carboxylic acids is 2. The summed E-state index contributed by atoms with van der Waals surface area (Å²) < 4.78 is 43.8. The van der Waals surface area contributed by atoms with Crippen LogP contribution in [0, 0.1) is 0 Å². The Morgan fingerprint density at radius 3 is 2.47 bits per heavy atom. The third-order valence-electron chi connectivity index (χ3n) is 5.75. The molecule has 0 radical (unpaired) electrons. The van der Waals surface area contributed by atoms with E-state index in [-0.39, 0.29) is 35.9 Å². The predicted octanol–water partition coefficient (Wildman–Crippen LogP) is 2.24. The Morgan fingerprint density at radius 1 is 1.12 bits per heavy atom. The van der Waals surface area contributed by atoms with Gasteiger partial charge in [-0.2, -0.15) is 0 Å². The van der Waals surface area contributed by atoms with Crippen LogP contribution in [0.2, 0.25) is 0 Å². The van der Waals surface area contributed by atoms with Gasteiger partial charge in [0.1, 0.15) is 0 Å². The van der Waals surface area contributed by atoms with Gasteiger partial charge in [0.05, 0.1) is 24.5 Å². The van der Waals surface area contributed by atoms with Crippen molar-refractivity contribution in [1.82, 2.24) is 9.62 Å². The molecule has 0 bridgehead atoms. The maximum absolute atomic E-state index is 12.7. The van der Waals surface area contributed by atoms with Crippen LogP contribution < -0.4 is 14.2 Å². The first-order valence-electron chi connectivity index (χ1n) is 11.1. The Balaban J connectivity index is 1.50. The summed E-state index contributed by atoms with van der Waals surface area (Å²) in [5.74, 6) is 0.0228. The van der Waals surface area contributed by atoms with Gasteiger partial charge in [-0.05, 0) is 52.2 Å². The lowest BCUT2D eigenvalue weighted by atomic mass is 9.97. The molecule has 1 fully saturated rings. The first-order chi connectivity index (χ1) is 15.2. The lowest BCUT2D eigenvalue weighted by Crippen LogP contribution is -2.51. The van der Waals surface area contributed by atoms with Crippen molar-refractivity contribution in [1.29, 1.82) is 0 Å². The van der Waals surface area contributed by atoms with Gasteiger partial charge < -0.3 is 19.1 Å². The summed E-state index contributed by atoms with van der Waals surface area (Å²) in [5, 5.41) is 0. The number of amides is 1. The Labute approximate surface area is 189 Å². The minimum absolute atomic E-state index is 0.0201. The predicted molar refractivity (Wildman–Crippen MR) is 117 cm³/mol. The molecule has 0 saturated carbocycles. The van der Waals surface area contributed by atoms with Crippen molar-refractivity contribution < 1.29 is 32.2 Å². The molecule has 0 spiro atoms. The molecule has 2 heterocycles. The van der Waals surface area contributed by atoms with E-state index < -0.39 is 22.1 Å². The minimum Gasteiger partial charge on any atom is -0.490 e. The van der Waals surface area contributed by atoms with E-state index in [2.05, 4.69) is 4.72 Å². The number of likely N-dealkylation sites (tertiary alicyclic amines) is 1. The first kappa shape index (κ1) is 24.3. The fraction of sp³-hybridized carbons (Fsp3) is 0.636. The first-order valence-corrected chi connectivity index (χ1v) is 12.6. The summed E-state index contributed by atoms with van der Waals surface area (Å²) in [6.07, 6.45) is 2.55. The molecule has 1 saturated heterocycles. The van der Waals surface area contributed by atoms with Crippen LogP contribution in [0.3, 0.4) is 0 Å². The number of ether oxygens (including phenoxy) is 3. The van der Waals surface area contributed by atoms with Crippen molar-refractivity contribution in [2.75, 3.05) is 19.8 Å². The topological polar surface area (TPSA) is 111 Å². The fourth-order valence-electron chi connectivity index (χ4n) is 4.05. The molecular weight excluding hydrogens is 436 g/mol. The van der Waals surface area contributed by atoms with Crippen LogP contribution in [0.5, 0.6) is 11.5 Å². The summed E-state index contributed by atoms with van der Waals surface area (Å²) in [7, 11) is -3.85. The van der Waals surface area contributed by atoms with Crippen LogP contribution in [0.4, 0.5) is 0 Å². The van der Waals surface area contributed by atoms with Crippen LogP contribution in [0.1, 0.15) is 52.9 Å². The molecule has 3 rings (SSSR count). The minimum atomic E-state index is -3.85.